The van der Waals surface area contributed by atoms with E-state index in [1.54, 1.807) is 11.9 Å². The third kappa shape index (κ3) is 4.68. The van der Waals surface area contributed by atoms with Gasteiger partial charge in [-0.25, -0.2) is 9.10 Å². The molecule has 4 aromatic rings. The van der Waals surface area contributed by atoms with Crippen molar-refractivity contribution in [2.24, 2.45) is 5.92 Å². The van der Waals surface area contributed by atoms with Crippen molar-refractivity contribution < 1.29 is 14.3 Å². The van der Waals surface area contributed by atoms with Gasteiger partial charge in [0.25, 0.3) is 0 Å². The van der Waals surface area contributed by atoms with Crippen LogP contribution in [-0.4, -0.2) is 23.4 Å². The number of rotatable bonds is 8. The lowest BCUT2D eigenvalue weighted by molar-refractivity contribution is 0.0224. The van der Waals surface area contributed by atoms with Gasteiger partial charge in [-0.15, -0.1) is 0 Å². The van der Waals surface area contributed by atoms with E-state index in [1.165, 1.54) is 0 Å². The quantitative estimate of drug-likeness (QED) is 0.180. The Balaban J connectivity index is 1.44. The molecule has 1 N–H and O–H groups in total. The minimum absolute atomic E-state index is 0.324. The van der Waals surface area contributed by atoms with Crippen molar-refractivity contribution in [1.82, 2.24) is 4.31 Å². The van der Waals surface area contributed by atoms with Crippen molar-refractivity contribution in [1.29, 1.82) is 0 Å². The Morgan fingerprint density at radius 3 is 2.44 bits per heavy atom. The predicted molar refractivity (Wildman–Crippen MR) is 157 cm³/mol. The van der Waals surface area contributed by atoms with Crippen LogP contribution in [0, 0.1) is 5.92 Å². The van der Waals surface area contributed by atoms with Crippen molar-refractivity contribution in [3.8, 4) is 11.5 Å². The maximum atomic E-state index is 13.2. The number of nitrogens with one attached hydrogen (secondary N) is 1. The van der Waals surface area contributed by atoms with E-state index in [9.17, 15) is 4.79 Å². The zero-order valence-electron chi connectivity index (χ0n) is 22.4. The summed E-state index contributed by atoms with van der Waals surface area (Å²) in [6.45, 7) is 8.66. The summed E-state index contributed by atoms with van der Waals surface area (Å²) in [5.41, 5.74) is 3.85. The van der Waals surface area contributed by atoms with Gasteiger partial charge >= 0.3 is 5.97 Å². The lowest BCUT2D eigenvalue weighted by Crippen LogP contribution is -2.33. The summed E-state index contributed by atoms with van der Waals surface area (Å²) >= 11 is 1.74. The van der Waals surface area contributed by atoms with Gasteiger partial charge in [-0.1, -0.05) is 57.2 Å². The largest absolute Gasteiger partial charge is 0.456 e. The van der Waals surface area contributed by atoms with Crippen molar-refractivity contribution in [3.63, 3.8) is 0 Å². The Labute approximate surface area is 234 Å². The minimum Gasteiger partial charge on any atom is -0.456 e. The molecule has 39 heavy (non-hydrogen) atoms. The van der Waals surface area contributed by atoms with Crippen molar-refractivity contribution in [2.45, 2.75) is 37.7 Å². The number of hydrogen-bond acceptors (Lipinski definition) is 6. The summed E-state index contributed by atoms with van der Waals surface area (Å²) in [5.74, 6) is 1.72. The highest BCUT2D eigenvalue weighted by atomic mass is 32.2. The van der Waals surface area contributed by atoms with Crippen LogP contribution >= 0.6 is 11.9 Å². The van der Waals surface area contributed by atoms with Gasteiger partial charge in [0.05, 0.1) is 5.56 Å². The van der Waals surface area contributed by atoms with Crippen LogP contribution in [-0.2, 0) is 10.3 Å². The van der Waals surface area contributed by atoms with Crippen LogP contribution in [0.1, 0.15) is 54.2 Å². The Morgan fingerprint density at radius 1 is 0.846 bits per heavy atom. The molecule has 0 aliphatic carbocycles. The molecule has 0 fully saturated rings. The maximum absolute atomic E-state index is 13.2. The number of hydrogen-bond donors (Lipinski definition) is 1. The van der Waals surface area contributed by atoms with E-state index in [4.69, 9.17) is 9.47 Å². The molecule has 2 aliphatic heterocycles. The zero-order chi connectivity index (χ0) is 27.0. The first-order chi connectivity index (χ1) is 19.0. The first-order valence-corrected chi connectivity index (χ1v) is 14.3. The molecule has 6 rings (SSSR count). The van der Waals surface area contributed by atoms with E-state index < -0.39 is 5.60 Å². The predicted octanol–water partition coefficient (Wildman–Crippen LogP) is 8.37. The van der Waals surface area contributed by atoms with Gasteiger partial charge in [0, 0.05) is 46.1 Å². The number of fused-ring (bicyclic) bond motifs is 6. The lowest BCUT2D eigenvalue weighted by Gasteiger charge is -2.37. The van der Waals surface area contributed by atoms with Crippen LogP contribution in [0.15, 0.2) is 95.9 Å². The second-order valence-electron chi connectivity index (χ2n) is 10.4. The fourth-order valence-electron chi connectivity index (χ4n) is 5.30. The SMILES string of the molecule is CCN(CCC(C)C)Sc1ccc2c(c1)Oc1ccc(Nc3ccccc3)cc1C21OC(=O)c2ccccc21. The second kappa shape index (κ2) is 10.4. The van der Waals surface area contributed by atoms with E-state index in [0.717, 1.165) is 52.5 Å². The third-order valence-corrected chi connectivity index (χ3v) is 8.45. The first-order valence-electron chi connectivity index (χ1n) is 13.5. The number of anilines is 2. The molecule has 6 heteroatoms. The van der Waals surface area contributed by atoms with Gasteiger partial charge in [-0.2, -0.15) is 0 Å². The summed E-state index contributed by atoms with van der Waals surface area (Å²) in [6, 6.07) is 29.9. The Kier molecular flexibility index (Phi) is 6.83. The summed E-state index contributed by atoms with van der Waals surface area (Å²) in [6.07, 6.45) is 1.14. The summed E-state index contributed by atoms with van der Waals surface area (Å²) in [4.78, 5) is 14.3. The average Bonchev–Trinajstić information content (AvgIpc) is 3.24. The topological polar surface area (TPSA) is 50.8 Å². The van der Waals surface area contributed by atoms with Crippen LogP contribution < -0.4 is 10.1 Å². The Bertz CT molecular complexity index is 1520. The molecule has 0 amide bonds. The molecule has 0 saturated carbocycles. The molecule has 5 nitrogen and oxygen atoms in total. The maximum Gasteiger partial charge on any atom is 0.340 e. The standard InChI is InChI=1S/C33H32N2O3S/c1-4-35(19-18-22(2)3)39-25-15-16-28-31(21-25)37-30-17-14-24(34-23-10-6-5-7-11-23)20-29(30)33(28)27-13-9-8-12-26(27)32(36)38-33/h5-17,20-22,34H,4,18-19H2,1-3H3. The highest BCUT2D eigenvalue weighted by Crippen LogP contribution is 2.57. The van der Waals surface area contributed by atoms with Crippen LogP contribution in [0.5, 0.6) is 11.5 Å². The number of benzene rings is 4. The fraction of sp³-hybridized carbons (Fsp3) is 0.242. The first kappa shape index (κ1) is 25.5. The number of para-hydroxylation sites is 1. The number of carbonyl (C=O) groups is 1. The smallest absolute Gasteiger partial charge is 0.340 e. The highest BCUT2D eigenvalue weighted by molar-refractivity contribution is 7.97. The molecule has 0 radical (unpaired) electrons. The second-order valence-corrected chi connectivity index (χ2v) is 11.5. The normalized spacial score (nSPS) is 17.0. The Morgan fingerprint density at radius 2 is 1.64 bits per heavy atom. The summed E-state index contributed by atoms with van der Waals surface area (Å²) in [7, 11) is 0. The minimum atomic E-state index is -1.09. The van der Waals surface area contributed by atoms with E-state index in [2.05, 4.69) is 48.6 Å². The molecule has 2 aliphatic rings. The van der Waals surface area contributed by atoms with Gasteiger partial charge in [0.15, 0.2) is 5.60 Å². The van der Waals surface area contributed by atoms with E-state index in [1.807, 2.05) is 72.8 Å². The molecule has 0 saturated heterocycles. The number of ether oxygens (including phenoxy) is 2. The number of esters is 1. The number of nitrogens with zero attached hydrogens (tertiary/aromatic N) is 1. The highest BCUT2D eigenvalue weighted by Gasteiger charge is 2.53. The summed E-state index contributed by atoms with van der Waals surface area (Å²) in [5, 5.41) is 3.47. The van der Waals surface area contributed by atoms with Gasteiger partial charge in [0.1, 0.15) is 11.5 Å². The molecular formula is C33H32N2O3S. The molecule has 198 valence electrons. The number of carbonyl (C=O) groups excluding carboxylic acids is 1. The zero-order valence-corrected chi connectivity index (χ0v) is 23.3. The van der Waals surface area contributed by atoms with Gasteiger partial charge in [0.2, 0.25) is 0 Å². The van der Waals surface area contributed by atoms with E-state index in [-0.39, 0.29) is 5.97 Å². The van der Waals surface area contributed by atoms with Crippen LogP contribution in [0.3, 0.4) is 0 Å². The van der Waals surface area contributed by atoms with E-state index >= 15 is 0 Å². The average molecular weight is 537 g/mol. The van der Waals surface area contributed by atoms with Gasteiger partial charge < -0.3 is 14.8 Å². The van der Waals surface area contributed by atoms with Crippen molar-refractivity contribution >= 4 is 29.3 Å². The molecule has 1 spiro atoms. The van der Waals surface area contributed by atoms with Crippen LogP contribution in [0.25, 0.3) is 0 Å². The molecular weight excluding hydrogens is 504 g/mol. The third-order valence-electron chi connectivity index (χ3n) is 7.29. The van der Waals surface area contributed by atoms with Crippen LogP contribution in [0.4, 0.5) is 11.4 Å². The fourth-order valence-corrected chi connectivity index (χ4v) is 6.21. The lowest BCUT2D eigenvalue weighted by atomic mass is 9.77. The molecule has 0 bridgehead atoms. The molecule has 1 unspecified atom stereocenters. The summed E-state index contributed by atoms with van der Waals surface area (Å²) < 4.78 is 15.3. The molecule has 2 heterocycles. The monoisotopic (exact) mass is 536 g/mol. The van der Waals surface area contributed by atoms with E-state index in [0.29, 0.717) is 23.0 Å². The molecule has 4 aromatic carbocycles. The van der Waals surface area contributed by atoms with Crippen molar-refractivity contribution in [2.75, 3.05) is 18.4 Å². The van der Waals surface area contributed by atoms with Crippen LogP contribution in [0.2, 0.25) is 0 Å². The van der Waals surface area contributed by atoms with Crippen molar-refractivity contribution in [3.05, 3.63) is 113 Å². The molecule has 0 aromatic heterocycles. The molecule has 1 atom stereocenters. The van der Waals surface area contributed by atoms with Gasteiger partial charge in [-0.05, 0) is 78.9 Å². The van der Waals surface area contributed by atoms with Gasteiger partial charge in [-0.3, -0.25) is 0 Å². The Hall–Kier alpha value is -3.74.